The topological polar surface area (TPSA) is 27.4 Å². The summed E-state index contributed by atoms with van der Waals surface area (Å²) in [5.41, 5.74) is 5.17. The summed E-state index contributed by atoms with van der Waals surface area (Å²) in [6, 6.07) is 18.3. The van der Waals surface area contributed by atoms with Gasteiger partial charge in [0.2, 0.25) is 11.4 Å². The number of para-hydroxylation sites is 2. The summed E-state index contributed by atoms with van der Waals surface area (Å²) in [6.45, 7) is 6.34. The van der Waals surface area contributed by atoms with Gasteiger partial charge in [-0.1, -0.05) is 92.0 Å². The smallest absolute Gasteiger partial charge is 0.263 e. The number of carbonyl (C=O) groups excluding carboxylic acids is 1. The zero-order valence-electron chi connectivity index (χ0n) is 27.0. The van der Waals surface area contributed by atoms with Crippen LogP contribution < -0.4 is 9.47 Å². The average Bonchev–Trinajstić information content (AvgIpc) is 3.62. The van der Waals surface area contributed by atoms with Crippen molar-refractivity contribution in [3.05, 3.63) is 81.9 Å². The molecule has 236 valence electrons. The number of amides is 1. The first-order chi connectivity index (χ1) is 22.1. The van der Waals surface area contributed by atoms with Gasteiger partial charge in [-0.3, -0.25) is 4.79 Å². The van der Waals surface area contributed by atoms with Crippen LogP contribution in [0.3, 0.4) is 0 Å². The van der Waals surface area contributed by atoms with Crippen LogP contribution in [0.1, 0.15) is 95.9 Å². The van der Waals surface area contributed by atoms with Crippen molar-refractivity contribution in [3.63, 3.8) is 0 Å². The maximum atomic E-state index is 14.9. The van der Waals surface area contributed by atoms with E-state index in [9.17, 15) is 4.79 Å². The van der Waals surface area contributed by atoms with E-state index >= 15 is 0 Å². The molecule has 0 bridgehead atoms. The van der Waals surface area contributed by atoms with Gasteiger partial charge in [-0.2, -0.15) is 4.57 Å². The molecule has 2 aromatic carbocycles. The van der Waals surface area contributed by atoms with Crippen molar-refractivity contribution in [2.75, 3.05) is 11.4 Å². The molecule has 4 nitrogen and oxygen atoms in total. The largest absolute Gasteiger partial charge is 0.336 e. The molecule has 0 radical (unpaired) electrons. The monoisotopic (exact) mass is 638 g/mol. The fraction of sp³-hybridized carbons (Fsp3) is 0.487. The van der Waals surface area contributed by atoms with Crippen LogP contribution in [0.4, 0.5) is 5.69 Å². The number of hydrogen-bond acceptors (Lipinski definition) is 4. The van der Waals surface area contributed by atoms with E-state index in [-0.39, 0.29) is 5.92 Å². The third-order valence-electron chi connectivity index (χ3n) is 10.4. The molecule has 1 unspecified atom stereocenters. The Hall–Kier alpha value is -2.83. The maximum Gasteiger partial charge on any atom is 0.263 e. The first-order valence-electron chi connectivity index (χ1n) is 17.5. The number of thiazole rings is 1. The van der Waals surface area contributed by atoms with Crippen LogP contribution in [-0.2, 0) is 11.3 Å². The van der Waals surface area contributed by atoms with Crippen LogP contribution in [-0.4, -0.2) is 29.4 Å². The highest BCUT2D eigenvalue weighted by molar-refractivity contribution is 8.03. The molecule has 0 spiro atoms. The molecule has 6 heteroatoms. The quantitative estimate of drug-likeness (QED) is 0.241. The first kappa shape index (κ1) is 30.8. The van der Waals surface area contributed by atoms with Crippen LogP contribution in [0.5, 0.6) is 0 Å². The number of nitrogens with zero attached hydrogens (tertiary/aromatic N) is 3. The maximum absolute atomic E-state index is 14.9. The molecule has 1 aromatic heterocycles. The van der Waals surface area contributed by atoms with Gasteiger partial charge >= 0.3 is 0 Å². The standard InChI is InChI=1S/C39H48N3OS2/c1-3-40-33-19-11-13-21-35(33)44-37(40)26-28-23-29(27-38-41(4-2)34-20-12-14-22-36(34)45-38)25-30(24-28)39(43)42(31-15-7-5-8-16-31)32-17-9-6-10-18-32/h11-14,19-23,26-27,30-32H,3-10,15-18,24-25H2,1-2H3/q+1. The van der Waals surface area contributed by atoms with E-state index in [1.54, 1.807) is 0 Å². The summed E-state index contributed by atoms with van der Waals surface area (Å²) < 4.78 is 3.75. The zero-order chi connectivity index (χ0) is 30.8. The fourth-order valence-electron chi connectivity index (χ4n) is 8.25. The van der Waals surface area contributed by atoms with Crippen LogP contribution in [0.25, 0.3) is 16.3 Å². The Morgan fingerprint density at radius 1 is 0.889 bits per heavy atom. The Morgan fingerprint density at radius 2 is 1.58 bits per heavy atom. The van der Waals surface area contributed by atoms with Crippen LogP contribution in [0, 0.1) is 5.92 Å². The third kappa shape index (κ3) is 6.42. The number of carbonyl (C=O) groups is 1. The Kier molecular flexibility index (Phi) is 9.50. The van der Waals surface area contributed by atoms with Gasteiger partial charge in [0.25, 0.3) is 5.01 Å². The second-order valence-corrected chi connectivity index (χ2v) is 15.4. The SMILES string of the molecule is CCN1C(=CC2=CC(=Cc3sc4ccccc4[n+]3CC)CC(C(=O)N(C3CCCCC3)C3CCCCC3)C2)Sc2ccccc21. The van der Waals surface area contributed by atoms with Gasteiger partial charge in [0, 0.05) is 41.6 Å². The molecule has 2 fully saturated rings. The number of hydrogen-bond donors (Lipinski definition) is 0. The van der Waals surface area contributed by atoms with Crippen LogP contribution in [0.2, 0.25) is 0 Å². The molecule has 4 aliphatic rings. The second kappa shape index (κ2) is 13.9. The molecular weight excluding hydrogens is 591 g/mol. The Balaban J connectivity index is 1.26. The van der Waals surface area contributed by atoms with E-state index in [0.29, 0.717) is 18.0 Å². The first-order valence-corrected chi connectivity index (χ1v) is 19.2. The molecule has 1 amide bonds. The van der Waals surface area contributed by atoms with Crippen molar-refractivity contribution < 1.29 is 9.36 Å². The molecule has 3 aliphatic carbocycles. The summed E-state index contributed by atoms with van der Waals surface area (Å²) in [4.78, 5) is 21.1. The molecule has 3 aromatic rings. The minimum absolute atomic E-state index is 0.00902. The van der Waals surface area contributed by atoms with Gasteiger partial charge in [0.15, 0.2) is 0 Å². The number of aromatic nitrogens is 1. The molecule has 1 atom stereocenters. The molecule has 1 aliphatic heterocycles. The second-order valence-electron chi connectivity index (χ2n) is 13.3. The van der Waals surface area contributed by atoms with Gasteiger partial charge in [0.05, 0.1) is 10.7 Å². The van der Waals surface area contributed by atoms with E-state index in [1.165, 1.54) is 106 Å². The lowest BCUT2D eigenvalue weighted by Gasteiger charge is -2.44. The number of benzene rings is 2. The van der Waals surface area contributed by atoms with Crippen molar-refractivity contribution >= 4 is 51.0 Å². The highest BCUT2D eigenvalue weighted by Gasteiger charge is 2.37. The van der Waals surface area contributed by atoms with Crippen LogP contribution in [0.15, 0.2) is 81.8 Å². The predicted octanol–water partition coefficient (Wildman–Crippen LogP) is 9.90. The molecular formula is C39H48N3OS2+. The molecule has 2 heterocycles. The molecule has 2 saturated carbocycles. The zero-order valence-corrected chi connectivity index (χ0v) is 28.7. The summed E-state index contributed by atoms with van der Waals surface area (Å²) in [6.07, 6.45) is 21.3. The number of thioether (sulfide) groups is 1. The van der Waals surface area contributed by atoms with E-state index in [2.05, 4.69) is 95.0 Å². The number of allylic oxidation sites excluding steroid dienone is 4. The van der Waals surface area contributed by atoms with Crippen molar-refractivity contribution in [1.29, 1.82) is 0 Å². The summed E-state index contributed by atoms with van der Waals surface area (Å²) in [5, 5.41) is 2.55. The van der Waals surface area contributed by atoms with Gasteiger partial charge < -0.3 is 9.80 Å². The van der Waals surface area contributed by atoms with E-state index in [1.807, 2.05) is 23.1 Å². The minimum atomic E-state index is -0.00902. The minimum Gasteiger partial charge on any atom is -0.336 e. The summed E-state index contributed by atoms with van der Waals surface area (Å²) >= 11 is 3.73. The van der Waals surface area contributed by atoms with E-state index < -0.39 is 0 Å². The normalized spacial score (nSPS) is 23.1. The molecule has 0 N–H and O–H groups in total. The Labute approximate surface area is 277 Å². The summed E-state index contributed by atoms with van der Waals surface area (Å²) in [5.74, 6) is 0.420. The lowest BCUT2D eigenvalue weighted by atomic mass is 9.82. The summed E-state index contributed by atoms with van der Waals surface area (Å²) in [7, 11) is 0. The number of rotatable bonds is 7. The van der Waals surface area contributed by atoms with Gasteiger partial charge in [0.1, 0.15) is 11.2 Å². The van der Waals surface area contributed by atoms with E-state index in [0.717, 1.165) is 25.9 Å². The third-order valence-corrected chi connectivity index (χ3v) is 12.6. The van der Waals surface area contributed by atoms with Crippen LogP contribution >= 0.6 is 23.1 Å². The Bertz CT molecular complexity index is 1600. The highest BCUT2D eigenvalue weighted by atomic mass is 32.2. The molecule has 45 heavy (non-hydrogen) atoms. The van der Waals surface area contributed by atoms with Crippen molar-refractivity contribution in [1.82, 2.24) is 4.90 Å². The Morgan fingerprint density at radius 3 is 2.29 bits per heavy atom. The molecule has 0 saturated heterocycles. The van der Waals surface area contributed by atoms with Gasteiger partial charge in [-0.25, -0.2) is 0 Å². The van der Waals surface area contributed by atoms with Crippen molar-refractivity contribution in [2.24, 2.45) is 5.92 Å². The van der Waals surface area contributed by atoms with Gasteiger partial charge in [-0.05, 0) is 87.8 Å². The number of anilines is 1. The lowest BCUT2D eigenvalue weighted by molar-refractivity contribution is -0.665. The predicted molar refractivity (Wildman–Crippen MR) is 190 cm³/mol. The van der Waals surface area contributed by atoms with E-state index in [4.69, 9.17) is 0 Å². The fourth-order valence-corrected chi connectivity index (χ4v) is 10.7. The lowest BCUT2D eigenvalue weighted by Crippen LogP contribution is -2.51. The highest BCUT2D eigenvalue weighted by Crippen LogP contribution is 2.47. The van der Waals surface area contributed by atoms with Crippen molar-refractivity contribution in [3.8, 4) is 0 Å². The van der Waals surface area contributed by atoms with Gasteiger partial charge in [-0.15, -0.1) is 0 Å². The number of fused-ring (bicyclic) bond motifs is 2. The average molecular weight is 639 g/mol. The van der Waals surface area contributed by atoms with Crippen molar-refractivity contribution in [2.45, 2.75) is 114 Å². The molecule has 7 rings (SSSR count). The number of aryl methyl sites for hydroxylation is 1.